The number of hydrogen-bond acceptors (Lipinski definition) is 3. The van der Waals surface area contributed by atoms with Crippen molar-refractivity contribution in [3.8, 4) is 0 Å². The largest absolute Gasteiger partial charge is 0.456 e. The lowest BCUT2D eigenvalue weighted by molar-refractivity contribution is 0.00739. The second-order valence-electron chi connectivity index (χ2n) is 5.37. The van der Waals surface area contributed by atoms with E-state index in [0.29, 0.717) is 0 Å². The van der Waals surface area contributed by atoms with Gasteiger partial charge in [-0.1, -0.05) is 0 Å². The van der Waals surface area contributed by atoms with Gasteiger partial charge in [0.1, 0.15) is 10.5 Å². The third-order valence-corrected chi connectivity index (χ3v) is 5.11. The summed E-state index contributed by atoms with van der Waals surface area (Å²) in [6.07, 6.45) is 4.58. The Balaban J connectivity index is 2.30. The summed E-state index contributed by atoms with van der Waals surface area (Å²) in [6.45, 7) is 5.74. The Labute approximate surface area is 120 Å². The maximum absolute atomic E-state index is 12.1. The molecule has 0 aromatic carbocycles. The van der Waals surface area contributed by atoms with E-state index in [9.17, 15) is 4.79 Å². The molecule has 0 atom stereocenters. The zero-order valence-corrected chi connectivity index (χ0v) is 13.4. The highest BCUT2D eigenvalue weighted by molar-refractivity contribution is 14.1. The van der Waals surface area contributed by atoms with Crippen LogP contribution in [-0.4, -0.2) is 11.6 Å². The van der Waals surface area contributed by atoms with Crippen molar-refractivity contribution in [2.75, 3.05) is 0 Å². The first kappa shape index (κ1) is 13.3. The second kappa shape index (κ2) is 4.88. The topological polar surface area (TPSA) is 26.3 Å². The number of ether oxygens (including phenoxy) is 1. The first-order chi connectivity index (χ1) is 7.88. The van der Waals surface area contributed by atoms with Gasteiger partial charge in [0.05, 0.1) is 2.88 Å². The lowest BCUT2D eigenvalue weighted by atomic mass is 9.94. The smallest absolute Gasteiger partial charge is 0.349 e. The van der Waals surface area contributed by atoms with E-state index < -0.39 is 5.60 Å². The van der Waals surface area contributed by atoms with E-state index in [1.165, 1.54) is 26.9 Å². The van der Waals surface area contributed by atoms with Crippen molar-refractivity contribution >= 4 is 39.9 Å². The number of fused-ring (bicyclic) bond motifs is 1. The number of hydrogen-bond donors (Lipinski definition) is 0. The van der Waals surface area contributed by atoms with E-state index in [1.807, 2.05) is 20.8 Å². The van der Waals surface area contributed by atoms with Gasteiger partial charge in [-0.3, -0.25) is 0 Å². The lowest BCUT2D eigenvalue weighted by Gasteiger charge is -2.20. The van der Waals surface area contributed by atoms with Crippen molar-refractivity contribution in [2.24, 2.45) is 0 Å². The molecule has 0 aliphatic heterocycles. The minimum absolute atomic E-state index is 0.149. The zero-order valence-electron chi connectivity index (χ0n) is 10.4. The summed E-state index contributed by atoms with van der Waals surface area (Å²) in [5.74, 6) is -0.149. The van der Waals surface area contributed by atoms with Gasteiger partial charge in [-0.05, 0) is 80.2 Å². The van der Waals surface area contributed by atoms with Gasteiger partial charge < -0.3 is 4.74 Å². The molecule has 1 aliphatic rings. The van der Waals surface area contributed by atoms with E-state index >= 15 is 0 Å². The molecule has 0 saturated carbocycles. The van der Waals surface area contributed by atoms with E-state index in [2.05, 4.69) is 22.6 Å². The van der Waals surface area contributed by atoms with Crippen LogP contribution >= 0.6 is 33.9 Å². The van der Waals surface area contributed by atoms with Crippen LogP contribution < -0.4 is 0 Å². The van der Waals surface area contributed by atoms with Gasteiger partial charge in [-0.25, -0.2) is 4.79 Å². The highest BCUT2D eigenvalue weighted by atomic mass is 127. The molecule has 0 unspecified atom stereocenters. The van der Waals surface area contributed by atoms with Gasteiger partial charge in [0.15, 0.2) is 0 Å². The summed E-state index contributed by atoms with van der Waals surface area (Å²) in [6, 6.07) is 0. The lowest BCUT2D eigenvalue weighted by Crippen LogP contribution is -2.24. The molecule has 0 fully saturated rings. The Kier molecular flexibility index (Phi) is 3.83. The first-order valence-electron chi connectivity index (χ1n) is 5.92. The monoisotopic (exact) mass is 364 g/mol. The molecule has 2 nitrogen and oxygen atoms in total. The van der Waals surface area contributed by atoms with Crippen LogP contribution in [0.25, 0.3) is 0 Å². The molecule has 1 aromatic heterocycles. The minimum atomic E-state index is -0.409. The minimum Gasteiger partial charge on any atom is -0.456 e. The number of thiophene rings is 1. The summed E-state index contributed by atoms with van der Waals surface area (Å²) < 4.78 is 6.73. The third-order valence-electron chi connectivity index (χ3n) is 2.76. The predicted molar refractivity (Wildman–Crippen MR) is 78.8 cm³/mol. The summed E-state index contributed by atoms with van der Waals surface area (Å²) in [7, 11) is 0. The fourth-order valence-corrected chi connectivity index (χ4v) is 4.33. The third kappa shape index (κ3) is 3.02. The van der Waals surface area contributed by atoms with Gasteiger partial charge in [0.2, 0.25) is 0 Å². The standard InChI is InChI=1S/C13H17IO2S/c1-13(2,3)16-12(15)10-8-6-4-5-7-9(8)11(14)17-10/h4-7H2,1-3H3. The molecule has 0 spiro atoms. The predicted octanol–water partition coefficient (Wildman–Crippen LogP) is 4.19. The molecule has 0 N–H and O–H groups in total. The molecule has 0 bridgehead atoms. The normalized spacial score (nSPS) is 15.5. The Morgan fingerprint density at radius 3 is 2.41 bits per heavy atom. The average Bonchev–Trinajstić information content (AvgIpc) is 2.55. The number of esters is 1. The van der Waals surface area contributed by atoms with Crippen LogP contribution in [0.5, 0.6) is 0 Å². The summed E-state index contributed by atoms with van der Waals surface area (Å²) in [5, 5.41) is 0. The number of carbonyl (C=O) groups excluding carboxylic acids is 1. The van der Waals surface area contributed by atoms with Gasteiger partial charge in [0.25, 0.3) is 0 Å². The van der Waals surface area contributed by atoms with Gasteiger partial charge in [0, 0.05) is 0 Å². The molecule has 1 aliphatic carbocycles. The Morgan fingerprint density at radius 2 is 1.82 bits per heavy atom. The maximum Gasteiger partial charge on any atom is 0.349 e. The molecule has 0 saturated heterocycles. The van der Waals surface area contributed by atoms with Crippen molar-refractivity contribution in [2.45, 2.75) is 52.1 Å². The molecule has 17 heavy (non-hydrogen) atoms. The highest BCUT2D eigenvalue weighted by Gasteiger charge is 2.27. The van der Waals surface area contributed by atoms with Gasteiger partial charge in [-0.2, -0.15) is 0 Å². The Hall–Kier alpha value is -0.100. The highest BCUT2D eigenvalue weighted by Crippen LogP contribution is 2.36. The molecular weight excluding hydrogens is 347 g/mol. The quantitative estimate of drug-likeness (QED) is 0.552. The summed E-state index contributed by atoms with van der Waals surface area (Å²) in [5.41, 5.74) is 2.23. The maximum atomic E-state index is 12.1. The summed E-state index contributed by atoms with van der Waals surface area (Å²) >= 11 is 3.94. The van der Waals surface area contributed by atoms with Crippen LogP contribution in [0.15, 0.2) is 0 Å². The van der Waals surface area contributed by atoms with Crippen LogP contribution in [0.3, 0.4) is 0 Å². The van der Waals surface area contributed by atoms with E-state index in [-0.39, 0.29) is 5.97 Å². The first-order valence-corrected chi connectivity index (χ1v) is 7.81. The van der Waals surface area contributed by atoms with Gasteiger partial charge in [-0.15, -0.1) is 11.3 Å². The number of rotatable bonds is 1. The van der Waals surface area contributed by atoms with Crippen LogP contribution in [0.1, 0.15) is 54.4 Å². The fourth-order valence-electron chi connectivity index (χ4n) is 2.07. The fraction of sp³-hybridized carbons (Fsp3) is 0.615. The van der Waals surface area contributed by atoms with Crippen molar-refractivity contribution in [1.82, 2.24) is 0 Å². The molecule has 1 heterocycles. The molecule has 1 aromatic rings. The molecule has 0 radical (unpaired) electrons. The van der Waals surface area contributed by atoms with Crippen LogP contribution in [0.2, 0.25) is 0 Å². The molecular formula is C13H17IO2S. The molecule has 0 amide bonds. The van der Waals surface area contributed by atoms with Crippen molar-refractivity contribution in [1.29, 1.82) is 0 Å². The van der Waals surface area contributed by atoms with Crippen molar-refractivity contribution < 1.29 is 9.53 Å². The zero-order chi connectivity index (χ0) is 12.6. The van der Waals surface area contributed by atoms with E-state index in [0.717, 1.165) is 17.7 Å². The Morgan fingerprint density at radius 1 is 1.24 bits per heavy atom. The number of carbonyl (C=O) groups is 1. The summed E-state index contributed by atoms with van der Waals surface area (Å²) in [4.78, 5) is 13.0. The van der Waals surface area contributed by atoms with Crippen LogP contribution in [0, 0.1) is 2.88 Å². The SMILES string of the molecule is CC(C)(C)OC(=O)c1sc(I)c2c1CCCC2. The van der Waals surface area contributed by atoms with E-state index in [4.69, 9.17) is 4.74 Å². The van der Waals surface area contributed by atoms with Crippen molar-refractivity contribution in [3.63, 3.8) is 0 Å². The van der Waals surface area contributed by atoms with Gasteiger partial charge >= 0.3 is 5.97 Å². The number of halogens is 1. The Bertz CT molecular complexity index is 443. The molecule has 2 rings (SSSR count). The van der Waals surface area contributed by atoms with Crippen LogP contribution in [-0.2, 0) is 17.6 Å². The van der Waals surface area contributed by atoms with E-state index in [1.54, 1.807) is 11.3 Å². The van der Waals surface area contributed by atoms with Crippen molar-refractivity contribution in [3.05, 3.63) is 18.9 Å². The average molecular weight is 364 g/mol. The molecule has 4 heteroatoms. The van der Waals surface area contributed by atoms with Crippen LogP contribution in [0.4, 0.5) is 0 Å². The second-order valence-corrected chi connectivity index (χ2v) is 8.20. The molecule has 94 valence electrons.